The molecule has 2 aromatic carbocycles. The summed E-state index contributed by atoms with van der Waals surface area (Å²) >= 11 is 0. The molecule has 1 saturated carbocycles. The van der Waals surface area contributed by atoms with Crippen LogP contribution in [0, 0.1) is 5.92 Å². The van der Waals surface area contributed by atoms with Crippen LogP contribution in [0.1, 0.15) is 24.8 Å². The van der Waals surface area contributed by atoms with Gasteiger partial charge in [0.25, 0.3) is 0 Å². The molecule has 4 N–H and O–H groups in total. The number of rotatable bonds is 4. The molecule has 3 unspecified atom stereocenters. The first-order chi connectivity index (χ1) is 16.2. The first kappa shape index (κ1) is 20.0. The average Bonchev–Trinajstić information content (AvgIpc) is 3.49. The molecule has 6 rings (SSSR count). The Kier molecular flexibility index (Phi) is 4.88. The molecular formula is C27H28N6. The average molecular weight is 437 g/mol. The predicted molar refractivity (Wildman–Crippen MR) is 134 cm³/mol. The van der Waals surface area contributed by atoms with E-state index in [1.165, 1.54) is 12.8 Å². The van der Waals surface area contributed by atoms with Crippen molar-refractivity contribution in [1.29, 1.82) is 0 Å². The van der Waals surface area contributed by atoms with Gasteiger partial charge in [0.1, 0.15) is 17.7 Å². The van der Waals surface area contributed by atoms with Crippen LogP contribution in [0.25, 0.3) is 27.9 Å². The van der Waals surface area contributed by atoms with Gasteiger partial charge in [0.05, 0.1) is 16.9 Å². The zero-order chi connectivity index (χ0) is 22.4. The molecule has 6 nitrogen and oxygen atoms in total. The van der Waals surface area contributed by atoms with E-state index >= 15 is 0 Å². The molecule has 0 spiro atoms. The summed E-state index contributed by atoms with van der Waals surface area (Å²) in [7, 11) is 2.06. The van der Waals surface area contributed by atoms with Crippen molar-refractivity contribution in [1.82, 2.24) is 20.5 Å². The molecule has 1 aliphatic carbocycles. The summed E-state index contributed by atoms with van der Waals surface area (Å²) in [5.74, 6) is 1.09. The summed E-state index contributed by atoms with van der Waals surface area (Å²) < 4.78 is 0. The number of nitrogens with one attached hydrogen (secondary N) is 2. The lowest BCUT2D eigenvalue weighted by atomic mass is 10.0. The zero-order valence-corrected chi connectivity index (χ0v) is 18.7. The lowest BCUT2D eigenvalue weighted by molar-refractivity contribution is 0.247. The molecule has 1 aromatic heterocycles. The van der Waals surface area contributed by atoms with Gasteiger partial charge in [0, 0.05) is 35.0 Å². The Labute approximate surface area is 193 Å². The molecule has 0 radical (unpaired) electrons. The van der Waals surface area contributed by atoms with E-state index in [0.29, 0.717) is 17.8 Å². The van der Waals surface area contributed by atoms with Crippen molar-refractivity contribution in [3.63, 3.8) is 0 Å². The van der Waals surface area contributed by atoms with Crippen molar-refractivity contribution in [3.05, 3.63) is 84.3 Å². The molecule has 2 aliphatic heterocycles. The largest absolute Gasteiger partial charge is 0.382 e. The Balaban J connectivity index is 1.39. The van der Waals surface area contributed by atoms with Crippen LogP contribution in [0.2, 0.25) is 0 Å². The molecule has 33 heavy (non-hydrogen) atoms. The number of benzene rings is 2. The highest BCUT2D eigenvalue weighted by Gasteiger charge is 2.41. The third kappa shape index (κ3) is 3.47. The summed E-state index contributed by atoms with van der Waals surface area (Å²) in [5.41, 5.74) is 12.6. The van der Waals surface area contributed by atoms with Crippen molar-refractivity contribution in [2.24, 2.45) is 16.6 Å². The van der Waals surface area contributed by atoms with Crippen LogP contribution in [0.5, 0.6) is 0 Å². The van der Waals surface area contributed by atoms with E-state index in [1.807, 2.05) is 18.2 Å². The second-order valence-electron chi connectivity index (χ2n) is 9.06. The lowest BCUT2D eigenvalue weighted by Gasteiger charge is -2.31. The maximum atomic E-state index is 6.41. The van der Waals surface area contributed by atoms with Gasteiger partial charge in [-0.05, 0) is 44.4 Å². The predicted octanol–water partition coefficient (Wildman–Crippen LogP) is 4.03. The van der Waals surface area contributed by atoms with E-state index in [4.69, 9.17) is 10.7 Å². The highest BCUT2D eigenvalue weighted by molar-refractivity contribution is 6.05. The van der Waals surface area contributed by atoms with Gasteiger partial charge in [-0.15, -0.1) is 0 Å². The molecule has 6 heteroatoms. The van der Waals surface area contributed by atoms with Crippen LogP contribution in [0.3, 0.4) is 0 Å². The summed E-state index contributed by atoms with van der Waals surface area (Å²) in [6.45, 7) is 0. The maximum absolute atomic E-state index is 6.41. The molecule has 1 fully saturated rings. The lowest BCUT2D eigenvalue weighted by Crippen LogP contribution is -2.42. The first-order valence-electron chi connectivity index (χ1n) is 11.6. The number of amidine groups is 1. The number of aromatic nitrogens is 1. The van der Waals surface area contributed by atoms with Crippen LogP contribution in [-0.2, 0) is 0 Å². The molecule has 0 bridgehead atoms. The van der Waals surface area contributed by atoms with Gasteiger partial charge in [-0.2, -0.15) is 0 Å². The molecule has 166 valence electrons. The first-order valence-corrected chi connectivity index (χ1v) is 11.6. The number of nitrogens with two attached hydrogens (primary N) is 1. The quantitative estimate of drug-likeness (QED) is 0.576. The van der Waals surface area contributed by atoms with Gasteiger partial charge >= 0.3 is 0 Å². The second-order valence-corrected chi connectivity index (χ2v) is 9.06. The van der Waals surface area contributed by atoms with E-state index in [-0.39, 0.29) is 6.17 Å². The van der Waals surface area contributed by atoms with Crippen molar-refractivity contribution in [3.8, 4) is 11.3 Å². The highest BCUT2D eigenvalue weighted by Crippen LogP contribution is 2.39. The van der Waals surface area contributed by atoms with Gasteiger partial charge in [-0.3, -0.25) is 0 Å². The molecule has 0 saturated heterocycles. The Bertz CT molecular complexity index is 1290. The fourth-order valence-electron chi connectivity index (χ4n) is 5.40. The Morgan fingerprint density at radius 1 is 1.03 bits per heavy atom. The van der Waals surface area contributed by atoms with Gasteiger partial charge in [-0.25, -0.2) is 9.98 Å². The Hall–Kier alpha value is -3.64. The molecule has 3 aliphatic rings. The number of hydrogen-bond acceptors (Lipinski definition) is 6. The molecule has 0 amide bonds. The monoisotopic (exact) mass is 436 g/mol. The third-order valence-corrected chi connectivity index (χ3v) is 7.15. The number of fused-ring (bicyclic) bond motifs is 2. The standard InChI is InChI=1S/C27H28N6/c1-29-21-11-9-20(15-21)27-32-24(25-26(28)30-13-14-33(25)27)19-8-7-18-10-12-22(31-23(18)16-19)17-5-3-2-4-6-17/h2-8,10,12-14,16,20-21,27,29,32H,9,11,15H2,1H3,(H2,28,30). The minimum absolute atomic E-state index is 0.179. The SMILES string of the molecule is CNC1CCC(C2NC(c3ccc4ccc(-c5ccccc5)nc4c3)=C3C(N)=NC=CN32)C1. The van der Waals surface area contributed by atoms with E-state index in [9.17, 15) is 0 Å². The van der Waals surface area contributed by atoms with Crippen molar-refractivity contribution in [2.45, 2.75) is 31.5 Å². The number of aliphatic imine (C=N–C) groups is 1. The highest BCUT2D eigenvalue weighted by atomic mass is 15.3. The number of pyridine rings is 1. The summed E-state index contributed by atoms with van der Waals surface area (Å²) in [6, 6.07) is 21.5. The van der Waals surface area contributed by atoms with Crippen LogP contribution < -0.4 is 16.4 Å². The van der Waals surface area contributed by atoms with Gasteiger partial charge < -0.3 is 21.3 Å². The summed E-state index contributed by atoms with van der Waals surface area (Å²) in [5, 5.41) is 8.38. The van der Waals surface area contributed by atoms with E-state index in [0.717, 1.165) is 45.5 Å². The van der Waals surface area contributed by atoms with Crippen molar-refractivity contribution < 1.29 is 0 Å². The molecular weight excluding hydrogens is 408 g/mol. The second kappa shape index (κ2) is 8.05. The Morgan fingerprint density at radius 2 is 1.88 bits per heavy atom. The molecule has 3 aromatic rings. The topological polar surface area (TPSA) is 78.6 Å². The number of nitrogens with zero attached hydrogens (tertiary/aromatic N) is 3. The molecule has 3 heterocycles. The minimum Gasteiger partial charge on any atom is -0.382 e. The third-order valence-electron chi connectivity index (χ3n) is 7.15. The zero-order valence-electron chi connectivity index (χ0n) is 18.7. The fourth-order valence-corrected chi connectivity index (χ4v) is 5.40. The minimum atomic E-state index is 0.179. The van der Waals surface area contributed by atoms with Crippen LogP contribution >= 0.6 is 0 Å². The van der Waals surface area contributed by atoms with E-state index in [2.05, 4.69) is 76.2 Å². The van der Waals surface area contributed by atoms with E-state index in [1.54, 1.807) is 6.20 Å². The fraction of sp³-hybridized carbons (Fsp3) is 0.259. The van der Waals surface area contributed by atoms with Gasteiger partial charge in [0.2, 0.25) is 0 Å². The van der Waals surface area contributed by atoms with Crippen molar-refractivity contribution >= 4 is 22.4 Å². The van der Waals surface area contributed by atoms with Crippen LogP contribution in [-0.4, -0.2) is 35.0 Å². The van der Waals surface area contributed by atoms with Crippen LogP contribution in [0.15, 0.2) is 83.8 Å². The van der Waals surface area contributed by atoms with Gasteiger partial charge in [0.15, 0.2) is 0 Å². The molecule has 3 atom stereocenters. The maximum Gasteiger partial charge on any atom is 0.149 e. The Morgan fingerprint density at radius 3 is 2.70 bits per heavy atom. The van der Waals surface area contributed by atoms with Gasteiger partial charge in [-0.1, -0.05) is 48.5 Å². The number of hydrogen-bond donors (Lipinski definition) is 3. The van der Waals surface area contributed by atoms with E-state index < -0.39 is 0 Å². The van der Waals surface area contributed by atoms with Crippen LogP contribution in [0.4, 0.5) is 0 Å². The summed E-state index contributed by atoms with van der Waals surface area (Å²) in [4.78, 5) is 11.6. The normalized spacial score (nSPS) is 24.2. The summed E-state index contributed by atoms with van der Waals surface area (Å²) in [6.07, 6.45) is 7.57. The smallest absolute Gasteiger partial charge is 0.149 e. The van der Waals surface area contributed by atoms with Crippen molar-refractivity contribution in [2.75, 3.05) is 7.05 Å².